The van der Waals surface area contributed by atoms with Crippen LogP contribution >= 0.6 is 11.6 Å². The number of para-hydroxylation sites is 1. The van der Waals surface area contributed by atoms with Gasteiger partial charge >= 0.3 is 0 Å². The average molecular weight is 284 g/mol. The molecule has 1 heterocycles. The number of hydrazine groups is 1. The van der Waals surface area contributed by atoms with Crippen LogP contribution in [0.4, 0.5) is 5.69 Å². The molecule has 0 spiro atoms. The van der Waals surface area contributed by atoms with Crippen molar-refractivity contribution < 1.29 is 0 Å². The van der Waals surface area contributed by atoms with E-state index < -0.39 is 0 Å². The molecule has 0 atom stereocenters. The zero-order valence-corrected chi connectivity index (χ0v) is 11.6. The summed E-state index contributed by atoms with van der Waals surface area (Å²) in [5.41, 5.74) is 9.40. The van der Waals surface area contributed by atoms with Crippen molar-refractivity contribution in [3.63, 3.8) is 0 Å². The molecule has 0 radical (unpaired) electrons. The van der Waals surface area contributed by atoms with Crippen LogP contribution in [0.25, 0.3) is 10.9 Å². The van der Waals surface area contributed by atoms with Crippen molar-refractivity contribution >= 4 is 28.2 Å². The minimum atomic E-state index is 0.642. The van der Waals surface area contributed by atoms with Crippen LogP contribution in [0.3, 0.4) is 0 Å². The summed E-state index contributed by atoms with van der Waals surface area (Å²) in [6, 6.07) is 17.8. The van der Waals surface area contributed by atoms with Gasteiger partial charge in [0.25, 0.3) is 0 Å². The van der Waals surface area contributed by atoms with E-state index >= 15 is 0 Å². The molecular formula is C16H14ClN3. The molecule has 0 aliphatic carbocycles. The van der Waals surface area contributed by atoms with Crippen molar-refractivity contribution in [1.29, 1.82) is 0 Å². The number of rotatable bonds is 4. The SMILES string of the molecule is Clc1cc(CNNc2ccccc2)c2ncccc2c1. The van der Waals surface area contributed by atoms with E-state index in [-0.39, 0.29) is 0 Å². The number of hydrogen-bond donors (Lipinski definition) is 2. The maximum absolute atomic E-state index is 6.14. The van der Waals surface area contributed by atoms with Gasteiger partial charge < -0.3 is 5.43 Å². The molecule has 0 saturated carbocycles. The summed E-state index contributed by atoms with van der Waals surface area (Å²) in [5, 5.41) is 1.78. The van der Waals surface area contributed by atoms with E-state index in [0.717, 1.165) is 27.2 Å². The van der Waals surface area contributed by atoms with E-state index in [1.807, 2.05) is 54.6 Å². The van der Waals surface area contributed by atoms with Crippen LogP contribution in [0.5, 0.6) is 0 Å². The fourth-order valence-corrected chi connectivity index (χ4v) is 2.37. The molecule has 20 heavy (non-hydrogen) atoms. The van der Waals surface area contributed by atoms with Gasteiger partial charge in [-0.25, -0.2) is 5.43 Å². The topological polar surface area (TPSA) is 37.0 Å². The van der Waals surface area contributed by atoms with Crippen molar-refractivity contribution in [2.24, 2.45) is 0 Å². The number of anilines is 1. The standard InChI is InChI=1S/C16H14ClN3/c17-14-9-12-5-4-8-18-16(12)13(10-14)11-19-20-15-6-2-1-3-7-15/h1-10,19-20H,11H2. The van der Waals surface area contributed by atoms with Crippen LogP contribution in [0.2, 0.25) is 5.02 Å². The third-order valence-electron chi connectivity index (χ3n) is 3.03. The van der Waals surface area contributed by atoms with Gasteiger partial charge in [0, 0.05) is 28.8 Å². The number of hydrogen-bond acceptors (Lipinski definition) is 3. The van der Waals surface area contributed by atoms with Crippen molar-refractivity contribution in [2.45, 2.75) is 6.54 Å². The van der Waals surface area contributed by atoms with Crippen LogP contribution in [0, 0.1) is 0 Å². The van der Waals surface area contributed by atoms with Gasteiger partial charge in [-0.3, -0.25) is 4.98 Å². The Balaban J connectivity index is 1.77. The number of nitrogens with one attached hydrogen (secondary N) is 2. The fraction of sp³-hybridized carbons (Fsp3) is 0.0625. The summed E-state index contributed by atoms with van der Waals surface area (Å²) >= 11 is 6.14. The van der Waals surface area contributed by atoms with Gasteiger partial charge in [-0.1, -0.05) is 35.9 Å². The van der Waals surface area contributed by atoms with Gasteiger partial charge in [0.15, 0.2) is 0 Å². The lowest BCUT2D eigenvalue weighted by molar-refractivity contribution is 0.805. The Morgan fingerprint density at radius 3 is 2.70 bits per heavy atom. The lowest BCUT2D eigenvalue weighted by atomic mass is 10.1. The second-order valence-corrected chi connectivity index (χ2v) is 4.92. The highest BCUT2D eigenvalue weighted by molar-refractivity contribution is 6.31. The molecule has 0 fully saturated rings. The minimum absolute atomic E-state index is 0.642. The summed E-state index contributed by atoms with van der Waals surface area (Å²) in [7, 11) is 0. The predicted molar refractivity (Wildman–Crippen MR) is 83.7 cm³/mol. The summed E-state index contributed by atoms with van der Waals surface area (Å²) in [5.74, 6) is 0. The van der Waals surface area contributed by atoms with E-state index in [2.05, 4.69) is 15.8 Å². The third kappa shape index (κ3) is 2.90. The Hall–Kier alpha value is -2.10. The molecule has 4 heteroatoms. The summed E-state index contributed by atoms with van der Waals surface area (Å²) in [6.45, 7) is 0.642. The molecule has 2 aromatic carbocycles. The summed E-state index contributed by atoms with van der Waals surface area (Å²) in [6.07, 6.45) is 1.80. The number of nitrogens with zero attached hydrogens (tertiary/aromatic N) is 1. The summed E-state index contributed by atoms with van der Waals surface area (Å²) < 4.78 is 0. The molecule has 0 unspecified atom stereocenters. The predicted octanol–water partition coefficient (Wildman–Crippen LogP) is 4.00. The van der Waals surface area contributed by atoms with Gasteiger partial charge in [0.2, 0.25) is 0 Å². The van der Waals surface area contributed by atoms with Crippen LogP contribution in [0.1, 0.15) is 5.56 Å². The van der Waals surface area contributed by atoms with E-state index in [0.29, 0.717) is 6.54 Å². The molecule has 100 valence electrons. The first kappa shape index (κ1) is 12.9. The number of pyridine rings is 1. The first-order chi connectivity index (χ1) is 9.83. The van der Waals surface area contributed by atoms with Gasteiger partial charge in [-0.05, 0) is 35.9 Å². The van der Waals surface area contributed by atoms with E-state index in [4.69, 9.17) is 11.6 Å². The van der Waals surface area contributed by atoms with Crippen molar-refractivity contribution in [3.05, 3.63) is 71.4 Å². The second-order valence-electron chi connectivity index (χ2n) is 4.48. The first-order valence-electron chi connectivity index (χ1n) is 6.40. The minimum Gasteiger partial charge on any atom is -0.321 e. The maximum Gasteiger partial charge on any atom is 0.0748 e. The second kappa shape index (κ2) is 5.90. The quantitative estimate of drug-likeness (QED) is 0.711. The van der Waals surface area contributed by atoms with Crippen molar-refractivity contribution in [3.8, 4) is 0 Å². The highest BCUT2D eigenvalue weighted by Crippen LogP contribution is 2.22. The van der Waals surface area contributed by atoms with E-state index in [1.165, 1.54) is 0 Å². The number of fused-ring (bicyclic) bond motifs is 1. The van der Waals surface area contributed by atoms with Crippen molar-refractivity contribution in [1.82, 2.24) is 10.4 Å². The lowest BCUT2D eigenvalue weighted by Crippen LogP contribution is -2.21. The molecule has 2 N–H and O–H groups in total. The molecule has 3 nitrogen and oxygen atoms in total. The molecule has 0 amide bonds. The van der Waals surface area contributed by atoms with Gasteiger partial charge in [0.05, 0.1) is 5.52 Å². The summed E-state index contributed by atoms with van der Waals surface area (Å²) in [4.78, 5) is 4.42. The smallest absolute Gasteiger partial charge is 0.0748 e. The molecule has 3 aromatic rings. The molecule has 0 aliphatic heterocycles. The first-order valence-corrected chi connectivity index (χ1v) is 6.78. The highest BCUT2D eigenvalue weighted by atomic mass is 35.5. The third-order valence-corrected chi connectivity index (χ3v) is 3.25. The Labute approximate surface area is 122 Å². The monoisotopic (exact) mass is 283 g/mol. The normalized spacial score (nSPS) is 10.7. The Kier molecular flexibility index (Phi) is 3.81. The fourth-order valence-electron chi connectivity index (χ4n) is 2.13. The maximum atomic E-state index is 6.14. The van der Waals surface area contributed by atoms with Gasteiger partial charge in [-0.2, -0.15) is 0 Å². The highest BCUT2D eigenvalue weighted by Gasteiger charge is 2.04. The van der Waals surface area contributed by atoms with Crippen LogP contribution < -0.4 is 10.9 Å². The van der Waals surface area contributed by atoms with Gasteiger partial charge in [-0.15, -0.1) is 0 Å². The van der Waals surface area contributed by atoms with Crippen LogP contribution in [-0.2, 0) is 6.54 Å². The van der Waals surface area contributed by atoms with Crippen LogP contribution in [-0.4, -0.2) is 4.98 Å². The molecule has 0 saturated heterocycles. The average Bonchev–Trinajstić information content (AvgIpc) is 2.48. The molecule has 0 aliphatic rings. The number of benzene rings is 2. The molecule has 3 rings (SSSR count). The molecule has 0 bridgehead atoms. The zero-order chi connectivity index (χ0) is 13.8. The largest absolute Gasteiger partial charge is 0.321 e. The Morgan fingerprint density at radius 2 is 1.85 bits per heavy atom. The number of aromatic nitrogens is 1. The zero-order valence-electron chi connectivity index (χ0n) is 10.8. The van der Waals surface area contributed by atoms with Crippen LogP contribution in [0.15, 0.2) is 60.8 Å². The van der Waals surface area contributed by atoms with E-state index in [1.54, 1.807) is 6.20 Å². The van der Waals surface area contributed by atoms with Gasteiger partial charge in [0.1, 0.15) is 0 Å². The molecular weight excluding hydrogens is 270 g/mol. The number of halogens is 1. The van der Waals surface area contributed by atoms with E-state index in [9.17, 15) is 0 Å². The molecule has 1 aromatic heterocycles. The Bertz CT molecular complexity index is 713. The Morgan fingerprint density at radius 1 is 1.00 bits per heavy atom. The lowest BCUT2D eigenvalue weighted by Gasteiger charge is -2.10. The van der Waals surface area contributed by atoms with Crippen molar-refractivity contribution in [2.75, 3.05) is 5.43 Å².